The fourth-order valence-corrected chi connectivity index (χ4v) is 3.35. The van der Waals surface area contributed by atoms with Gasteiger partial charge in [0.2, 0.25) is 0 Å². The third-order valence-electron chi connectivity index (χ3n) is 3.73. The summed E-state index contributed by atoms with van der Waals surface area (Å²) in [6, 6.07) is 10.3. The highest BCUT2D eigenvalue weighted by molar-refractivity contribution is 14.0. The smallest absolute Gasteiger partial charge is 0.194 e. The average molecular weight is 442 g/mol. The van der Waals surface area contributed by atoms with Gasteiger partial charge in [-0.3, -0.25) is 0 Å². The molecule has 124 valence electrons. The monoisotopic (exact) mass is 442 g/mol. The molecule has 1 aliphatic rings. The van der Waals surface area contributed by atoms with Crippen LogP contribution in [0.25, 0.3) is 11.3 Å². The van der Waals surface area contributed by atoms with Gasteiger partial charge in [0.25, 0.3) is 0 Å². The van der Waals surface area contributed by atoms with Crippen LogP contribution in [0.1, 0.15) is 24.8 Å². The van der Waals surface area contributed by atoms with Crippen molar-refractivity contribution in [1.82, 2.24) is 15.2 Å². The Morgan fingerprint density at radius 3 is 2.70 bits per heavy atom. The Morgan fingerprint density at radius 2 is 2.00 bits per heavy atom. The molecule has 3 rings (SSSR count). The van der Waals surface area contributed by atoms with E-state index in [-0.39, 0.29) is 24.0 Å². The van der Waals surface area contributed by atoms with E-state index in [0.717, 1.165) is 36.3 Å². The van der Waals surface area contributed by atoms with Gasteiger partial charge in [0.15, 0.2) is 5.96 Å². The van der Waals surface area contributed by atoms with Crippen molar-refractivity contribution in [3.05, 3.63) is 40.7 Å². The summed E-state index contributed by atoms with van der Waals surface area (Å²) in [7, 11) is 0. The number of hydrogen-bond donors (Lipinski definition) is 1. The van der Waals surface area contributed by atoms with Crippen molar-refractivity contribution in [3.63, 3.8) is 0 Å². The maximum Gasteiger partial charge on any atom is 0.194 e. The van der Waals surface area contributed by atoms with Gasteiger partial charge in [0.1, 0.15) is 5.01 Å². The lowest BCUT2D eigenvalue weighted by Gasteiger charge is -2.20. The van der Waals surface area contributed by atoms with Crippen LogP contribution in [0.2, 0.25) is 0 Å². The minimum Gasteiger partial charge on any atom is -0.357 e. The molecule has 2 aromatic rings. The normalized spacial score (nSPS) is 14.7. The zero-order valence-electron chi connectivity index (χ0n) is 13.4. The molecule has 1 aromatic heterocycles. The highest BCUT2D eigenvalue weighted by atomic mass is 127. The molecule has 1 fully saturated rings. The number of thiazole rings is 1. The topological polar surface area (TPSA) is 40.5 Å². The molecule has 1 N–H and O–H groups in total. The predicted octanol–water partition coefficient (Wildman–Crippen LogP) is 3.99. The Kier molecular flexibility index (Phi) is 7.29. The summed E-state index contributed by atoms with van der Waals surface area (Å²) in [5.41, 5.74) is 2.21. The molecule has 4 nitrogen and oxygen atoms in total. The van der Waals surface area contributed by atoms with Crippen LogP contribution < -0.4 is 5.32 Å². The molecule has 0 amide bonds. The van der Waals surface area contributed by atoms with Crippen molar-refractivity contribution >= 4 is 41.3 Å². The quantitative estimate of drug-likeness (QED) is 0.442. The molecule has 1 aromatic carbocycles. The number of nitrogens with one attached hydrogen (secondary N) is 1. The van der Waals surface area contributed by atoms with Gasteiger partial charge in [-0.05, 0) is 19.8 Å². The van der Waals surface area contributed by atoms with Crippen molar-refractivity contribution in [1.29, 1.82) is 0 Å². The summed E-state index contributed by atoms with van der Waals surface area (Å²) in [4.78, 5) is 11.8. The van der Waals surface area contributed by atoms with Crippen molar-refractivity contribution in [3.8, 4) is 11.3 Å². The van der Waals surface area contributed by atoms with Crippen LogP contribution in [0.4, 0.5) is 0 Å². The van der Waals surface area contributed by atoms with Gasteiger partial charge in [-0.2, -0.15) is 0 Å². The zero-order chi connectivity index (χ0) is 15.2. The summed E-state index contributed by atoms with van der Waals surface area (Å²) < 4.78 is 0. The van der Waals surface area contributed by atoms with Gasteiger partial charge in [0.05, 0.1) is 12.2 Å². The van der Waals surface area contributed by atoms with Crippen molar-refractivity contribution in [2.24, 2.45) is 4.99 Å². The first-order chi connectivity index (χ1) is 10.9. The third-order valence-corrected chi connectivity index (χ3v) is 4.56. The summed E-state index contributed by atoms with van der Waals surface area (Å²) in [5.74, 6) is 1.02. The number of aliphatic imine (C=N–C) groups is 1. The molecule has 0 unspecified atom stereocenters. The maximum atomic E-state index is 4.75. The molecule has 0 spiro atoms. The highest BCUT2D eigenvalue weighted by Crippen LogP contribution is 2.22. The van der Waals surface area contributed by atoms with E-state index < -0.39 is 0 Å². The lowest BCUT2D eigenvalue weighted by atomic mass is 10.2. The molecule has 23 heavy (non-hydrogen) atoms. The van der Waals surface area contributed by atoms with Gasteiger partial charge < -0.3 is 10.2 Å². The van der Waals surface area contributed by atoms with E-state index in [1.54, 1.807) is 11.3 Å². The van der Waals surface area contributed by atoms with E-state index in [4.69, 9.17) is 9.98 Å². The molecule has 0 aliphatic carbocycles. The van der Waals surface area contributed by atoms with Crippen LogP contribution >= 0.6 is 35.3 Å². The van der Waals surface area contributed by atoms with E-state index in [0.29, 0.717) is 6.54 Å². The first-order valence-electron chi connectivity index (χ1n) is 7.90. The Morgan fingerprint density at radius 1 is 1.26 bits per heavy atom. The minimum absolute atomic E-state index is 0. The number of guanidine groups is 1. The molecular formula is C17H23IN4S. The van der Waals surface area contributed by atoms with E-state index in [1.165, 1.54) is 18.4 Å². The van der Waals surface area contributed by atoms with Crippen LogP contribution in [0.15, 0.2) is 40.7 Å². The summed E-state index contributed by atoms with van der Waals surface area (Å²) in [6.07, 6.45) is 2.53. The second-order valence-electron chi connectivity index (χ2n) is 5.36. The zero-order valence-corrected chi connectivity index (χ0v) is 16.5. The first-order valence-corrected chi connectivity index (χ1v) is 8.78. The lowest BCUT2D eigenvalue weighted by molar-refractivity contribution is 0.493. The molecule has 0 radical (unpaired) electrons. The number of benzene rings is 1. The number of halogens is 1. The molecule has 2 heterocycles. The predicted molar refractivity (Wildman–Crippen MR) is 109 cm³/mol. The highest BCUT2D eigenvalue weighted by Gasteiger charge is 2.15. The van der Waals surface area contributed by atoms with Crippen molar-refractivity contribution in [2.75, 3.05) is 19.6 Å². The molecule has 0 bridgehead atoms. The number of aromatic nitrogens is 1. The van der Waals surface area contributed by atoms with Crippen LogP contribution in [0.3, 0.4) is 0 Å². The van der Waals surface area contributed by atoms with Gasteiger partial charge in [-0.25, -0.2) is 9.98 Å². The van der Waals surface area contributed by atoms with Gasteiger partial charge in [0, 0.05) is 30.6 Å². The SMILES string of the molecule is CCNC(=NCc1nc(-c2ccccc2)cs1)N1CCCC1.I. The van der Waals surface area contributed by atoms with Crippen LogP contribution in [0.5, 0.6) is 0 Å². The molecule has 1 saturated heterocycles. The van der Waals surface area contributed by atoms with Crippen molar-refractivity contribution in [2.45, 2.75) is 26.3 Å². The van der Waals surface area contributed by atoms with E-state index in [9.17, 15) is 0 Å². The minimum atomic E-state index is 0. The number of likely N-dealkylation sites (tertiary alicyclic amines) is 1. The average Bonchev–Trinajstić information content (AvgIpc) is 3.24. The Labute approximate surface area is 159 Å². The Bertz CT molecular complexity index is 621. The second-order valence-corrected chi connectivity index (χ2v) is 6.30. The van der Waals surface area contributed by atoms with E-state index in [2.05, 4.69) is 34.7 Å². The van der Waals surface area contributed by atoms with E-state index in [1.807, 2.05) is 18.2 Å². The van der Waals surface area contributed by atoms with Crippen LogP contribution in [0, 0.1) is 0 Å². The Balaban J connectivity index is 0.00000192. The van der Waals surface area contributed by atoms with Crippen molar-refractivity contribution < 1.29 is 0 Å². The molecule has 0 atom stereocenters. The molecule has 0 saturated carbocycles. The largest absolute Gasteiger partial charge is 0.357 e. The van der Waals surface area contributed by atoms with Gasteiger partial charge in [-0.1, -0.05) is 30.3 Å². The van der Waals surface area contributed by atoms with Gasteiger partial charge in [-0.15, -0.1) is 35.3 Å². The fourth-order valence-electron chi connectivity index (χ4n) is 2.62. The fraction of sp³-hybridized carbons (Fsp3) is 0.412. The number of nitrogens with zero attached hydrogens (tertiary/aromatic N) is 3. The molecule has 6 heteroatoms. The maximum absolute atomic E-state index is 4.75. The standard InChI is InChI=1S/C17H22N4S.HI/c1-2-18-17(21-10-6-7-11-21)19-12-16-20-15(13-22-16)14-8-4-3-5-9-14;/h3-5,8-9,13H,2,6-7,10-12H2,1H3,(H,18,19);1H. The second kappa shape index (κ2) is 9.22. The van der Waals surface area contributed by atoms with Gasteiger partial charge >= 0.3 is 0 Å². The summed E-state index contributed by atoms with van der Waals surface area (Å²) in [6.45, 7) is 5.89. The third kappa shape index (κ3) is 4.91. The molecule has 1 aliphatic heterocycles. The lowest BCUT2D eigenvalue weighted by Crippen LogP contribution is -2.39. The summed E-state index contributed by atoms with van der Waals surface area (Å²) in [5, 5.41) is 6.56. The first kappa shape index (κ1) is 18.2. The summed E-state index contributed by atoms with van der Waals surface area (Å²) >= 11 is 1.68. The molecular weight excluding hydrogens is 419 g/mol. The number of hydrogen-bond acceptors (Lipinski definition) is 3. The Hall–Kier alpha value is -1.15. The van der Waals surface area contributed by atoms with Crippen LogP contribution in [-0.2, 0) is 6.54 Å². The van der Waals surface area contributed by atoms with E-state index >= 15 is 0 Å². The van der Waals surface area contributed by atoms with Crippen LogP contribution in [-0.4, -0.2) is 35.5 Å². The number of rotatable bonds is 4.